The van der Waals surface area contributed by atoms with Crippen LogP contribution in [0.5, 0.6) is 5.75 Å². The fourth-order valence-electron chi connectivity index (χ4n) is 3.05. The minimum absolute atomic E-state index is 0.0241. The van der Waals surface area contributed by atoms with Crippen molar-refractivity contribution in [2.24, 2.45) is 0 Å². The first-order valence-corrected chi connectivity index (χ1v) is 10.3. The molecule has 0 aliphatic heterocycles. The van der Waals surface area contributed by atoms with E-state index in [1.54, 1.807) is 11.8 Å². The molecule has 0 bridgehead atoms. The molecule has 2 aromatic carbocycles. The highest BCUT2D eigenvalue weighted by atomic mass is 16.5. The predicted molar refractivity (Wildman–Crippen MR) is 116 cm³/mol. The zero-order valence-corrected chi connectivity index (χ0v) is 17.6. The lowest BCUT2D eigenvalue weighted by Crippen LogP contribution is -2.50. The van der Waals surface area contributed by atoms with Gasteiger partial charge in [0.2, 0.25) is 11.8 Å². The molecular formula is C24H32N2O3. The molecule has 2 rings (SSSR count). The SMILES string of the molecule is CC(C)NC(=O)C(C)N(CCc1ccccc1)C(=O)CCCOc1ccccc1. The van der Waals surface area contributed by atoms with Crippen molar-refractivity contribution in [1.82, 2.24) is 10.2 Å². The molecule has 5 heteroatoms. The molecule has 0 saturated carbocycles. The minimum atomic E-state index is -0.511. The monoisotopic (exact) mass is 396 g/mol. The van der Waals surface area contributed by atoms with E-state index in [1.807, 2.05) is 74.5 Å². The van der Waals surface area contributed by atoms with Crippen molar-refractivity contribution in [2.45, 2.75) is 52.1 Å². The molecule has 0 fully saturated rings. The van der Waals surface area contributed by atoms with Crippen LogP contribution in [-0.2, 0) is 16.0 Å². The second-order valence-corrected chi connectivity index (χ2v) is 7.43. The van der Waals surface area contributed by atoms with Crippen LogP contribution in [0.3, 0.4) is 0 Å². The van der Waals surface area contributed by atoms with E-state index >= 15 is 0 Å². The largest absolute Gasteiger partial charge is 0.494 e. The average Bonchev–Trinajstić information content (AvgIpc) is 2.72. The van der Waals surface area contributed by atoms with Crippen LogP contribution in [0.1, 0.15) is 39.2 Å². The van der Waals surface area contributed by atoms with E-state index in [0.717, 1.165) is 11.3 Å². The lowest BCUT2D eigenvalue weighted by molar-refractivity contribution is -0.140. The van der Waals surface area contributed by atoms with Gasteiger partial charge in [-0.25, -0.2) is 0 Å². The normalized spacial score (nSPS) is 11.7. The number of benzene rings is 2. The fourth-order valence-corrected chi connectivity index (χ4v) is 3.05. The topological polar surface area (TPSA) is 58.6 Å². The van der Waals surface area contributed by atoms with Crippen molar-refractivity contribution in [3.63, 3.8) is 0 Å². The summed E-state index contributed by atoms with van der Waals surface area (Å²) < 4.78 is 5.68. The number of nitrogens with zero attached hydrogens (tertiary/aromatic N) is 1. The molecule has 0 saturated heterocycles. The van der Waals surface area contributed by atoms with Gasteiger partial charge < -0.3 is 15.0 Å². The van der Waals surface area contributed by atoms with Crippen LogP contribution in [0.15, 0.2) is 60.7 Å². The van der Waals surface area contributed by atoms with E-state index in [4.69, 9.17) is 4.74 Å². The summed E-state index contributed by atoms with van der Waals surface area (Å²) in [4.78, 5) is 27.1. The highest BCUT2D eigenvalue weighted by Crippen LogP contribution is 2.11. The minimum Gasteiger partial charge on any atom is -0.494 e. The number of ether oxygens (including phenoxy) is 1. The summed E-state index contributed by atoms with van der Waals surface area (Å²) in [5.41, 5.74) is 1.15. The van der Waals surface area contributed by atoms with Crippen molar-refractivity contribution in [3.05, 3.63) is 66.2 Å². The Balaban J connectivity index is 1.92. The number of nitrogens with one attached hydrogen (secondary N) is 1. The summed E-state index contributed by atoms with van der Waals surface area (Å²) in [7, 11) is 0. The van der Waals surface area contributed by atoms with Crippen LogP contribution in [0.4, 0.5) is 0 Å². The quantitative estimate of drug-likeness (QED) is 0.587. The maximum Gasteiger partial charge on any atom is 0.242 e. The van der Waals surface area contributed by atoms with Gasteiger partial charge in [-0.15, -0.1) is 0 Å². The molecule has 156 valence electrons. The van der Waals surface area contributed by atoms with Crippen LogP contribution in [0, 0.1) is 0 Å². The Morgan fingerprint density at radius 1 is 0.966 bits per heavy atom. The molecule has 2 aromatic rings. The smallest absolute Gasteiger partial charge is 0.242 e. The van der Waals surface area contributed by atoms with E-state index < -0.39 is 6.04 Å². The van der Waals surface area contributed by atoms with Crippen molar-refractivity contribution < 1.29 is 14.3 Å². The molecule has 2 amide bonds. The van der Waals surface area contributed by atoms with Gasteiger partial charge >= 0.3 is 0 Å². The second kappa shape index (κ2) is 11.9. The number of carbonyl (C=O) groups excluding carboxylic acids is 2. The van der Waals surface area contributed by atoms with Gasteiger partial charge in [0.25, 0.3) is 0 Å². The number of amides is 2. The van der Waals surface area contributed by atoms with Crippen molar-refractivity contribution >= 4 is 11.8 Å². The van der Waals surface area contributed by atoms with E-state index in [2.05, 4.69) is 5.32 Å². The molecule has 0 aliphatic carbocycles. The van der Waals surface area contributed by atoms with Gasteiger partial charge in [0.05, 0.1) is 6.61 Å². The number of para-hydroxylation sites is 1. The summed E-state index contributed by atoms with van der Waals surface area (Å²) in [5.74, 6) is 0.650. The highest BCUT2D eigenvalue weighted by molar-refractivity contribution is 5.87. The first kappa shape index (κ1) is 22.5. The Morgan fingerprint density at radius 2 is 1.59 bits per heavy atom. The summed E-state index contributed by atoms with van der Waals surface area (Å²) in [6, 6.07) is 19.1. The van der Waals surface area contributed by atoms with E-state index in [-0.39, 0.29) is 17.9 Å². The molecule has 0 aliphatic rings. The first-order chi connectivity index (χ1) is 14.0. The Bertz CT molecular complexity index is 747. The molecule has 5 nitrogen and oxygen atoms in total. The van der Waals surface area contributed by atoms with Crippen LogP contribution in [0.2, 0.25) is 0 Å². The number of hydrogen-bond acceptors (Lipinski definition) is 3. The van der Waals surface area contributed by atoms with Gasteiger partial charge in [-0.3, -0.25) is 9.59 Å². The number of carbonyl (C=O) groups is 2. The van der Waals surface area contributed by atoms with Gasteiger partial charge in [-0.1, -0.05) is 48.5 Å². The van der Waals surface area contributed by atoms with Gasteiger partial charge in [-0.2, -0.15) is 0 Å². The average molecular weight is 397 g/mol. The third-order valence-corrected chi connectivity index (χ3v) is 4.63. The molecule has 0 heterocycles. The summed E-state index contributed by atoms with van der Waals surface area (Å²) in [5, 5.41) is 2.91. The van der Waals surface area contributed by atoms with Crippen LogP contribution < -0.4 is 10.1 Å². The molecule has 0 spiro atoms. The van der Waals surface area contributed by atoms with Crippen LogP contribution in [0.25, 0.3) is 0 Å². The highest BCUT2D eigenvalue weighted by Gasteiger charge is 2.25. The van der Waals surface area contributed by atoms with E-state index in [9.17, 15) is 9.59 Å². The zero-order valence-electron chi connectivity index (χ0n) is 17.6. The standard InChI is InChI=1S/C24H32N2O3/c1-19(2)25-24(28)20(3)26(17-16-21-11-6-4-7-12-21)23(27)15-10-18-29-22-13-8-5-9-14-22/h4-9,11-14,19-20H,10,15-18H2,1-3H3,(H,25,28). The summed E-state index contributed by atoms with van der Waals surface area (Å²) in [6.45, 7) is 6.61. The molecule has 1 N–H and O–H groups in total. The van der Waals surface area contributed by atoms with Gasteiger partial charge in [0.1, 0.15) is 11.8 Å². The van der Waals surface area contributed by atoms with Gasteiger partial charge in [-0.05, 0) is 51.3 Å². The lowest BCUT2D eigenvalue weighted by atomic mass is 10.1. The predicted octanol–water partition coefficient (Wildman–Crippen LogP) is 3.83. The molecule has 1 unspecified atom stereocenters. The van der Waals surface area contributed by atoms with Crippen molar-refractivity contribution in [1.29, 1.82) is 0 Å². The summed E-state index contributed by atoms with van der Waals surface area (Å²) in [6.07, 6.45) is 1.67. The number of rotatable bonds is 11. The number of hydrogen-bond donors (Lipinski definition) is 1. The van der Waals surface area contributed by atoms with Gasteiger partial charge in [0.15, 0.2) is 0 Å². The van der Waals surface area contributed by atoms with Gasteiger partial charge in [0, 0.05) is 19.0 Å². The second-order valence-electron chi connectivity index (χ2n) is 7.43. The molecule has 29 heavy (non-hydrogen) atoms. The molecular weight excluding hydrogens is 364 g/mol. The Labute approximate surface area is 174 Å². The Hall–Kier alpha value is -2.82. The van der Waals surface area contributed by atoms with E-state index in [0.29, 0.717) is 32.4 Å². The first-order valence-electron chi connectivity index (χ1n) is 10.3. The zero-order chi connectivity index (χ0) is 21.1. The fraction of sp³-hybridized carbons (Fsp3) is 0.417. The van der Waals surface area contributed by atoms with Crippen LogP contribution in [-0.4, -0.2) is 41.9 Å². The summed E-state index contributed by atoms with van der Waals surface area (Å²) >= 11 is 0. The third-order valence-electron chi connectivity index (χ3n) is 4.63. The molecule has 0 radical (unpaired) electrons. The molecule has 0 aromatic heterocycles. The third kappa shape index (κ3) is 7.98. The maximum atomic E-state index is 12.9. The van der Waals surface area contributed by atoms with E-state index in [1.165, 1.54) is 0 Å². The lowest BCUT2D eigenvalue weighted by Gasteiger charge is -2.29. The Morgan fingerprint density at radius 3 is 2.21 bits per heavy atom. The van der Waals surface area contributed by atoms with Crippen molar-refractivity contribution in [2.75, 3.05) is 13.2 Å². The van der Waals surface area contributed by atoms with Crippen LogP contribution >= 0.6 is 0 Å². The maximum absolute atomic E-state index is 12.9. The Kier molecular flexibility index (Phi) is 9.22. The van der Waals surface area contributed by atoms with Crippen molar-refractivity contribution in [3.8, 4) is 5.75 Å². The molecule has 1 atom stereocenters.